The first-order chi connectivity index (χ1) is 11.8. The quantitative estimate of drug-likeness (QED) is 0.295. The largest absolute Gasteiger partial charge is 0.417 e. The van der Waals surface area contributed by atoms with Crippen molar-refractivity contribution in [2.75, 3.05) is 0 Å². The lowest BCUT2D eigenvalue weighted by atomic mass is 10.1. The van der Waals surface area contributed by atoms with E-state index in [2.05, 4.69) is 31.9 Å². The summed E-state index contributed by atoms with van der Waals surface area (Å²) < 4.78 is 97.0. The van der Waals surface area contributed by atoms with Crippen molar-refractivity contribution in [1.29, 1.82) is 0 Å². The molecule has 0 atom stereocenters. The highest BCUT2D eigenvalue weighted by Crippen LogP contribution is 2.37. The molecule has 0 fully saturated rings. The van der Waals surface area contributed by atoms with Gasteiger partial charge >= 0.3 is 12.4 Å². The van der Waals surface area contributed by atoms with Crippen LogP contribution in [-0.4, -0.2) is 6.29 Å². The van der Waals surface area contributed by atoms with Crippen LogP contribution in [0.25, 0.3) is 0 Å². The van der Waals surface area contributed by atoms with Crippen LogP contribution in [0.15, 0.2) is 39.3 Å². The highest BCUT2D eigenvalue weighted by atomic mass is 79.9. The smallest absolute Gasteiger partial charge is 0.298 e. The predicted molar refractivity (Wildman–Crippen MR) is 83.6 cm³/mol. The van der Waals surface area contributed by atoms with Gasteiger partial charge in [0.05, 0.1) is 16.7 Å². The molecule has 0 unspecified atom stereocenters. The standard InChI is InChI=1S/C8H3BrF4O.C7H3BrF4/c9-7-4(3-14)6(10)2-1-5(7)8(11,12)13;8-6-3-4(9)1-2-5(6)7(10,11)12/h1-3H;1-3H. The molecule has 2 aromatic carbocycles. The minimum Gasteiger partial charge on any atom is -0.298 e. The number of benzene rings is 2. The van der Waals surface area contributed by atoms with Crippen LogP contribution in [0.5, 0.6) is 0 Å². The van der Waals surface area contributed by atoms with Crippen LogP contribution < -0.4 is 0 Å². The van der Waals surface area contributed by atoms with Gasteiger partial charge in [0.1, 0.15) is 11.6 Å². The van der Waals surface area contributed by atoms with Crippen LogP contribution in [0.4, 0.5) is 35.1 Å². The molecule has 0 aromatic heterocycles. The fourth-order valence-electron chi connectivity index (χ4n) is 1.62. The van der Waals surface area contributed by atoms with Gasteiger partial charge in [-0.1, -0.05) is 15.9 Å². The summed E-state index contributed by atoms with van der Waals surface area (Å²) in [7, 11) is 0. The van der Waals surface area contributed by atoms with Crippen molar-refractivity contribution >= 4 is 38.1 Å². The molecule has 0 saturated carbocycles. The van der Waals surface area contributed by atoms with Gasteiger partial charge in [-0.25, -0.2) is 8.78 Å². The van der Waals surface area contributed by atoms with Crippen molar-refractivity contribution in [3.05, 3.63) is 67.6 Å². The first-order valence-corrected chi connectivity index (χ1v) is 7.90. The van der Waals surface area contributed by atoms with E-state index in [0.29, 0.717) is 18.2 Å². The lowest BCUT2D eigenvalue weighted by Gasteiger charge is -2.10. The summed E-state index contributed by atoms with van der Waals surface area (Å²) in [5, 5.41) is 0. The number of carbonyl (C=O) groups is 1. The summed E-state index contributed by atoms with van der Waals surface area (Å²) in [5.74, 6) is -1.69. The van der Waals surface area contributed by atoms with Gasteiger partial charge in [-0.15, -0.1) is 0 Å². The lowest BCUT2D eigenvalue weighted by molar-refractivity contribution is -0.139. The lowest BCUT2D eigenvalue weighted by Crippen LogP contribution is -2.08. The van der Waals surface area contributed by atoms with Crippen molar-refractivity contribution < 1.29 is 39.9 Å². The molecule has 0 N–H and O–H groups in total. The third-order valence-corrected chi connectivity index (χ3v) is 4.30. The van der Waals surface area contributed by atoms with E-state index in [0.717, 1.165) is 12.1 Å². The van der Waals surface area contributed by atoms with Crippen LogP contribution >= 0.6 is 31.9 Å². The number of aldehydes is 1. The fraction of sp³-hybridized carbons (Fsp3) is 0.133. The minimum atomic E-state index is -4.61. The first kappa shape index (κ1) is 22.6. The summed E-state index contributed by atoms with van der Waals surface area (Å²) in [6.07, 6.45) is -9.01. The van der Waals surface area contributed by atoms with E-state index in [9.17, 15) is 39.9 Å². The molecule has 2 rings (SSSR count). The van der Waals surface area contributed by atoms with Crippen LogP contribution in [0.3, 0.4) is 0 Å². The van der Waals surface area contributed by atoms with Crippen molar-refractivity contribution in [2.45, 2.75) is 12.4 Å². The molecule has 1 nitrogen and oxygen atoms in total. The maximum Gasteiger partial charge on any atom is 0.417 e. The normalized spacial score (nSPS) is 11.6. The Balaban J connectivity index is 0.000000263. The van der Waals surface area contributed by atoms with Gasteiger partial charge in [0.2, 0.25) is 0 Å². The zero-order chi connectivity index (χ0) is 20.3. The molecule has 0 spiro atoms. The van der Waals surface area contributed by atoms with Crippen LogP contribution in [0.2, 0.25) is 0 Å². The number of hydrogen-bond acceptors (Lipinski definition) is 1. The summed E-state index contributed by atoms with van der Waals surface area (Å²) >= 11 is 5.16. The van der Waals surface area contributed by atoms with Crippen molar-refractivity contribution in [1.82, 2.24) is 0 Å². The van der Waals surface area contributed by atoms with E-state index in [1.165, 1.54) is 0 Å². The Bertz CT molecular complexity index is 799. The highest BCUT2D eigenvalue weighted by molar-refractivity contribution is 9.10. The molecule has 0 aliphatic carbocycles. The third kappa shape index (κ3) is 5.76. The molecular formula is C15H6Br2F8O. The van der Waals surface area contributed by atoms with Gasteiger partial charge in [-0.3, -0.25) is 4.79 Å². The average Bonchev–Trinajstić information content (AvgIpc) is 2.45. The van der Waals surface area contributed by atoms with Gasteiger partial charge in [0, 0.05) is 8.95 Å². The number of carbonyl (C=O) groups excluding carboxylic acids is 1. The summed E-state index contributed by atoms with van der Waals surface area (Å²) in [6, 6.07) is 3.43. The Morgan fingerprint density at radius 3 is 1.73 bits per heavy atom. The van der Waals surface area contributed by atoms with Crippen LogP contribution in [-0.2, 0) is 12.4 Å². The molecule has 0 aliphatic heterocycles. The minimum absolute atomic E-state index is 0.0364. The zero-order valence-corrected chi connectivity index (χ0v) is 15.3. The van der Waals surface area contributed by atoms with Crippen molar-refractivity contribution in [3.63, 3.8) is 0 Å². The molecule has 0 amide bonds. The van der Waals surface area contributed by atoms with E-state index in [1.54, 1.807) is 0 Å². The molecule has 26 heavy (non-hydrogen) atoms. The molecule has 2 aromatic rings. The highest BCUT2D eigenvalue weighted by Gasteiger charge is 2.34. The van der Waals surface area contributed by atoms with Crippen LogP contribution in [0.1, 0.15) is 21.5 Å². The topological polar surface area (TPSA) is 17.1 Å². The van der Waals surface area contributed by atoms with E-state index >= 15 is 0 Å². The Hall–Kier alpha value is -1.49. The first-order valence-electron chi connectivity index (χ1n) is 6.31. The summed E-state index contributed by atoms with van der Waals surface area (Å²) in [6.45, 7) is 0. The molecule has 0 aliphatic rings. The molecule has 11 heteroatoms. The SMILES string of the molecule is Fc1ccc(C(F)(F)F)c(Br)c1.O=Cc1c(F)ccc(C(F)(F)F)c1Br. The van der Waals surface area contributed by atoms with Crippen molar-refractivity contribution in [3.8, 4) is 0 Å². The monoisotopic (exact) mass is 512 g/mol. The Labute approximate surface area is 158 Å². The van der Waals surface area contributed by atoms with Gasteiger partial charge in [0.15, 0.2) is 6.29 Å². The number of alkyl halides is 6. The Morgan fingerprint density at radius 1 is 0.808 bits per heavy atom. The molecule has 0 bridgehead atoms. The van der Waals surface area contributed by atoms with Gasteiger partial charge < -0.3 is 0 Å². The summed E-state index contributed by atoms with van der Waals surface area (Å²) in [4.78, 5) is 10.3. The number of hydrogen-bond donors (Lipinski definition) is 0. The average molecular weight is 514 g/mol. The van der Waals surface area contributed by atoms with E-state index in [-0.39, 0.29) is 10.8 Å². The third-order valence-electron chi connectivity index (χ3n) is 2.79. The predicted octanol–water partition coefficient (Wildman–Crippen LogP) is 7.03. The van der Waals surface area contributed by atoms with E-state index in [1.807, 2.05) is 0 Å². The molecule has 0 heterocycles. The summed E-state index contributed by atoms with van der Waals surface area (Å²) in [5.41, 5.74) is -2.57. The van der Waals surface area contributed by atoms with E-state index in [4.69, 9.17) is 0 Å². The number of rotatable bonds is 1. The second-order valence-corrected chi connectivity index (χ2v) is 6.21. The maximum absolute atomic E-state index is 12.8. The maximum atomic E-state index is 12.8. The zero-order valence-electron chi connectivity index (χ0n) is 12.2. The Morgan fingerprint density at radius 2 is 1.31 bits per heavy atom. The Kier molecular flexibility index (Phi) is 7.34. The molecular weight excluding hydrogens is 508 g/mol. The second-order valence-electron chi connectivity index (χ2n) is 4.56. The number of halogens is 10. The molecule has 0 saturated heterocycles. The van der Waals surface area contributed by atoms with Gasteiger partial charge in [-0.05, 0) is 46.3 Å². The van der Waals surface area contributed by atoms with Crippen LogP contribution in [0, 0.1) is 11.6 Å². The second kappa shape index (κ2) is 8.47. The molecule has 142 valence electrons. The molecule has 0 radical (unpaired) electrons. The van der Waals surface area contributed by atoms with Gasteiger partial charge in [0.25, 0.3) is 0 Å². The van der Waals surface area contributed by atoms with Crippen molar-refractivity contribution in [2.24, 2.45) is 0 Å². The van der Waals surface area contributed by atoms with E-state index < -0.39 is 45.2 Å². The van der Waals surface area contributed by atoms with Gasteiger partial charge in [-0.2, -0.15) is 26.3 Å². The fourth-order valence-corrected chi connectivity index (χ4v) is 2.83.